The van der Waals surface area contributed by atoms with E-state index in [9.17, 15) is 9.59 Å². The number of likely N-dealkylation sites (tertiary alicyclic amines) is 1. The summed E-state index contributed by atoms with van der Waals surface area (Å²) in [5.41, 5.74) is -0.550. The van der Waals surface area contributed by atoms with Gasteiger partial charge in [-0.15, -0.1) is 0 Å². The van der Waals surface area contributed by atoms with Gasteiger partial charge >= 0.3 is 12.1 Å². The second-order valence-corrected chi connectivity index (χ2v) is 5.86. The van der Waals surface area contributed by atoms with Crippen LogP contribution in [0.1, 0.15) is 47.0 Å². The van der Waals surface area contributed by atoms with Crippen LogP contribution >= 0.6 is 0 Å². The van der Waals surface area contributed by atoms with Gasteiger partial charge in [0.05, 0.1) is 5.92 Å². The molecule has 0 radical (unpaired) electrons. The van der Waals surface area contributed by atoms with Crippen LogP contribution in [0, 0.1) is 5.92 Å². The first kappa shape index (κ1) is 14.8. The van der Waals surface area contributed by atoms with E-state index in [0.29, 0.717) is 6.54 Å². The second kappa shape index (κ2) is 5.59. The van der Waals surface area contributed by atoms with Crippen molar-refractivity contribution in [1.82, 2.24) is 4.90 Å². The van der Waals surface area contributed by atoms with Crippen molar-refractivity contribution in [2.24, 2.45) is 5.92 Å². The van der Waals surface area contributed by atoms with Crippen molar-refractivity contribution >= 4 is 12.1 Å². The zero-order chi connectivity index (χ0) is 13.9. The topological polar surface area (TPSA) is 66.8 Å². The van der Waals surface area contributed by atoms with Crippen molar-refractivity contribution in [3.05, 3.63) is 0 Å². The Morgan fingerprint density at radius 3 is 2.44 bits per heavy atom. The minimum atomic E-state index is -0.865. The molecule has 0 spiro atoms. The van der Waals surface area contributed by atoms with Crippen molar-refractivity contribution in [2.75, 3.05) is 6.54 Å². The minimum absolute atomic E-state index is 0.258. The molecular formula is C13H23NO4. The van der Waals surface area contributed by atoms with Crippen LogP contribution in [0.4, 0.5) is 4.79 Å². The van der Waals surface area contributed by atoms with Gasteiger partial charge in [-0.25, -0.2) is 4.79 Å². The van der Waals surface area contributed by atoms with E-state index >= 15 is 0 Å². The van der Waals surface area contributed by atoms with Gasteiger partial charge in [0, 0.05) is 12.6 Å². The van der Waals surface area contributed by atoms with Crippen LogP contribution < -0.4 is 0 Å². The summed E-state index contributed by atoms with van der Waals surface area (Å²) in [4.78, 5) is 24.7. The molecule has 0 aromatic heterocycles. The highest BCUT2D eigenvalue weighted by atomic mass is 16.6. The maximum atomic E-state index is 12.1. The van der Waals surface area contributed by atoms with Crippen LogP contribution in [0.2, 0.25) is 0 Å². The highest BCUT2D eigenvalue weighted by molar-refractivity contribution is 5.73. The van der Waals surface area contributed by atoms with Gasteiger partial charge in [-0.3, -0.25) is 4.79 Å². The summed E-state index contributed by atoms with van der Waals surface area (Å²) in [7, 11) is 0. The summed E-state index contributed by atoms with van der Waals surface area (Å²) in [6.45, 7) is 7.66. The summed E-state index contributed by atoms with van der Waals surface area (Å²) >= 11 is 0. The Hall–Kier alpha value is -1.26. The maximum Gasteiger partial charge on any atom is 0.410 e. The zero-order valence-corrected chi connectivity index (χ0v) is 11.6. The number of carboxylic acid groups (broad SMARTS) is 1. The molecule has 2 atom stereocenters. The fraction of sp³-hybridized carbons (Fsp3) is 0.846. The smallest absolute Gasteiger partial charge is 0.410 e. The normalized spacial score (nSPS) is 22.4. The Kier molecular flexibility index (Phi) is 4.59. The predicted molar refractivity (Wildman–Crippen MR) is 67.4 cm³/mol. The summed E-state index contributed by atoms with van der Waals surface area (Å²) in [6.07, 6.45) is 2.19. The molecule has 1 rings (SSSR count). The third kappa shape index (κ3) is 3.89. The van der Waals surface area contributed by atoms with Crippen molar-refractivity contribution in [2.45, 2.75) is 58.6 Å². The number of ether oxygens (including phenoxy) is 1. The number of rotatable bonds is 2. The lowest BCUT2D eigenvalue weighted by molar-refractivity contribution is -0.143. The lowest BCUT2D eigenvalue weighted by atomic mass is 9.92. The van der Waals surface area contributed by atoms with Crippen LogP contribution in [-0.2, 0) is 9.53 Å². The summed E-state index contributed by atoms with van der Waals surface area (Å²) in [5, 5.41) is 9.09. The third-order valence-electron chi connectivity index (χ3n) is 3.14. The lowest BCUT2D eigenvalue weighted by Gasteiger charge is -2.38. The molecule has 1 aliphatic heterocycles. The summed E-state index contributed by atoms with van der Waals surface area (Å²) in [5.74, 6) is -1.42. The maximum absolute atomic E-state index is 12.1. The average Bonchev–Trinajstić information content (AvgIpc) is 2.25. The molecule has 104 valence electrons. The van der Waals surface area contributed by atoms with Crippen molar-refractivity contribution in [1.29, 1.82) is 0 Å². The average molecular weight is 257 g/mol. The van der Waals surface area contributed by atoms with Crippen molar-refractivity contribution in [3.63, 3.8) is 0 Å². The SMILES string of the molecule is CC(C(=O)O)C1CCCCN1C(=O)OC(C)(C)C. The van der Waals surface area contributed by atoms with E-state index in [1.165, 1.54) is 0 Å². The highest BCUT2D eigenvalue weighted by Crippen LogP contribution is 2.25. The quantitative estimate of drug-likeness (QED) is 0.825. The van der Waals surface area contributed by atoms with E-state index in [0.717, 1.165) is 19.3 Å². The molecule has 5 heteroatoms. The molecule has 1 heterocycles. The molecule has 0 aromatic carbocycles. The first-order valence-electron chi connectivity index (χ1n) is 6.45. The van der Waals surface area contributed by atoms with Gasteiger partial charge in [0.15, 0.2) is 0 Å². The number of hydrogen-bond acceptors (Lipinski definition) is 3. The fourth-order valence-electron chi connectivity index (χ4n) is 2.19. The lowest BCUT2D eigenvalue weighted by Crippen LogP contribution is -2.50. The van der Waals surface area contributed by atoms with Crippen LogP contribution in [0.15, 0.2) is 0 Å². The molecule has 0 saturated carbocycles. The van der Waals surface area contributed by atoms with Gasteiger partial charge < -0.3 is 14.7 Å². The van der Waals surface area contributed by atoms with Crippen LogP contribution in [0.3, 0.4) is 0 Å². The Balaban J connectivity index is 2.76. The number of amides is 1. The van der Waals surface area contributed by atoms with E-state index in [1.54, 1.807) is 11.8 Å². The van der Waals surface area contributed by atoms with Crippen LogP contribution in [0.25, 0.3) is 0 Å². The molecule has 1 N–H and O–H groups in total. The predicted octanol–water partition coefficient (Wildman–Crippen LogP) is 2.50. The number of aliphatic carboxylic acids is 1. The van der Waals surface area contributed by atoms with Gasteiger partial charge in [0.2, 0.25) is 0 Å². The number of carbonyl (C=O) groups is 2. The van der Waals surface area contributed by atoms with E-state index in [1.807, 2.05) is 20.8 Å². The summed E-state index contributed by atoms with van der Waals surface area (Å²) < 4.78 is 5.33. The second-order valence-electron chi connectivity index (χ2n) is 5.86. The van der Waals surface area contributed by atoms with E-state index in [2.05, 4.69) is 0 Å². The van der Waals surface area contributed by atoms with Crippen molar-refractivity contribution < 1.29 is 19.4 Å². The Morgan fingerprint density at radius 1 is 1.33 bits per heavy atom. The van der Waals surface area contributed by atoms with Crippen LogP contribution in [-0.4, -0.2) is 40.3 Å². The first-order chi connectivity index (χ1) is 8.22. The fourth-order valence-corrected chi connectivity index (χ4v) is 2.19. The van der Waals surface area contributed by atoms with Gasteiger partial charge in [-0.05, 0) is 47.0 Å². The molecule has 1 amide bonds. The number of nitrogens with zero attached hydrogens (tertiary/aromatic N) is 1. The molecule has 0 aromatic rings. The number of carbonyl (C=O) groups excluding carboxylic acids is 1. The van der Waals surface area contributed by atoms with Gasteiger partial charge in [-0.2, -0.15) is 0 Å². The third-order valence-corrected chi connectivity index (χ3v) is 3.14. The molecule has 1 fully saturated rings. The largest absolute Gasteiger partial charge is 0.481 e. The Morgan fingerprint density at radius 2 is 1.94 bits per heavy atom. The zero-order valence-electron chi connectivity index (χ0n) is 11.6. The van der Waals surface area contributed by atoms with Gasteiger partial charge in [0.25, 0.3) is 0 Å². The molecule has 2 unspecified atom stereocenters. The molecule has 0 bridgehead atoms. The van der Waals surface area contributed by atoms with E-state index in [-0.39, 0.29) is 6.04 Å². The van der Waals surface area contributed by atoms with E-state index in [4.69, 9.17) is 9.84 Å². The van der Waals surface area contributed by atoms with Crippen LogP contribution in [0.5, 0.6) is 0 Å². The molecule has 18 heavy (non-hydrogen) atoms. The van der Waals surface area contributed by atoms with Gasteiger partial charge in [-0.1, -0.05) is 0 Å². The number of piperidine rings is 1. The number of hydrogen-bond donors (Lipinski definition) is 1. The minimum Gasteiger partial charge on any atom is -0.481 e. The standard InChI is InChI=1S/C13H23NO4/c1-9(11(15)16)10-7-5-6-8-14(10)12(17)18-13(2,3)4/h9-10H,5-8H2,1-4H3,(H,15,16). The summed E-state index contributed by atoms with van der Waals surface area (Å²) in [6, 6.07) is -0.258. The highest BCUT2D eigenvalue weighted by Gasteiger charge is 2.36. The molecule has 5 nitrogen and oxygen atoms in total. The van der Waals surface area contributed by atoms with Crippen molar-refractivity contribution in [3.8, 4) is 0 Å². The monoisotopic (exact) mass is 257 g/mol. The van der Waals surface area contributed by atoms with Gasteiger partial charge in [0.1, 0.15) is 5.60 Å². The van der Waals surface area contributed by atoms with E-state index < -0.39 is 23.6 Å². The molecule has 0 aliphatic carbocycles. The molecular weight excluding hydrogens is 234 g/mol. The Labute approximate surface area is 108 Å². The Bertz CT molecular complexity index is 321. The molecule has 1 saturated heterocycles. The first-order valence-corrected chi connectivity index (χ1v) is 6.45. The number of carboxylic acids is 1. The molecule has 1 aliphatic rings.